The van der Waals surface area contributed by atoms with Crippen LogP contribution in [0.15, 0.2) is 50.8 Å². The first kappa shape index (κ1) is 27.1. The Hall–Kier alpha value is -1.47. The largest absolute Gasteiger partial charge is 0.488 e. The van der Waals surface area contributed by atoms with Gasteiger partial charge in [0.1, 0.15) is 12.4 Å². The Balaban J connectivity index is 1.33. The molecule has 0 aromatic heterocycles. The fourth-order valence-electron chi connectivity index (χ4n) is 5.27. The normalized spacial score (nSPS) is 21.8. The monoisotopic (exact) mass is 620 g/mol. The van der Waals surface area contributed by atoms with E-state index in [9.17, 15) is 4.79 Å². The highest BCUT2D eigenvalue weighted by Gasteiger charge is 2.39. The lowest BCUT2D eigenvalue weighted by molar-refractivity contribution is -0.124. The van der Waals surface area contributed by atoms with Gasteiger partial charge in [0.05, 0.1) is 15.4 Å². The van der Waals surface area contributed by atoms with Crippen LogP contribution >= 0.6 is 50.9 Å². The molecule has 2 aromatic carbocycles. The van der Waals surface area contributed by atoms with Crippen molar-refractivity contribution in [3.05, 3.63) is 66.9 Å². The van der Waals surface area contributed by atoms with Gasteiger partial charge in [0.15, 0.2) is 5.17 Å². The summed E-state index contributed by atoms with van der Waals surface area (Å²) in [7, 11) is 0. The number of carbonyl (C=O) groups excluding carboxylic acids is 1. The van der Waals surface area contributed by atoms with Gasteiger partial charge in [0.25, 0.3) is 5.91 Å². The topological polar surface area (TPSA) is 41.9 Å². The van der Waals surface area contributed by atoms with Crippen molar-refractivity contribution in [3.63, 3.8) is 0 Å². The van der Waals surface area contributed by atoms with Crippen molar-refractivity contribution >= 4 is 68.0 Å². The minimum atomic E-state index is 0.0975. The Bertz CT molecular complexity index is 1210. The number of halogens is 3. The summed E-state index contributed by atoms with van der Waals surface area (Å²) in [5.41, 5.74) is 1.81. The second kappa shape index (κ2) is 12.6. The third kappa shape index (κ3) is 6.76. The molecule has 4 nitrogen and oxygen atoms in total. The molecule has 196 valence electrons. The first-order chi connectivity index (χ1) is 18.0. The van der Waals surface area contributed by atoms with Crippen molar-refractivity contribution < 1.29 is 9.53 Å². The Labute approximate surface area is 242 Å². The van der Waals surface area contributed by atoms with Crippen LogP contribution in [0, 0.1) is 0 Å². The van der Waals surface area contributed by atoms with E-state index in [0.29, 0.717) is 28.4 Å². The molecule has 1 aliphatic heterocycles. The zero-order valence-corrected chi connectivity index (χ0v) is 24.6. The summed E-state index contributed by atoms with van der Waals surface area (Å²) in [6.07, 6.45) is 13.8. The Morgan fingerprint density at radius 3 is 2.43 bits per heavy atom. The van der Waals surface area contributed by atoms with Crippen molar-refractivity contribution in [3.8, 4) is 5.75 Å². The number of aliphatic imine (C=N–C) groups is 1. The van der Waals surface area contributed by atoms with E-state index in [1.165, 1.54) is 38.5 Å². The van der Waals surface area contributed by atoms with Crippen LogP contribution in [0.4, 0.5) is 0 Å². The van der Waals surface area contributed by atoms with Crippen LogP contribution in [0.3, 0.4) is 0 Å². The number of amidine groups is 1. The summed E-state index contributed by atoms with van der Waals surface area (Å²) in [5, 5.41) is 2.09. The van der Waals surface area contributed by atoms with Gasteiger partial charge in [-0.05, 0) is 89.3 Å². The van der Waals surface area contributed by atoms with E-state index in [4.69, 9.17) is 32.9 Å². The van der Waals surface area contributed by atoms with E-state index in [1.54, 1.807) is 23.9 Å². The van der Waals surface area contributed by atoms with E-state index in [2.05, 4.69) is 15.9 Å². The van der Waals surface area contributed by atoms with Crippen molar-refractivity contribution in [1.82, 2.24) is 4.90 Å². The van der Waals surface area contributed by atoms with Gasteiger partial charge in [-0.15, -0.1) is 0 Å². The molecule has 3 aliphatic rings. The van der Waals surface area contributed by atoms with Crippen LogP contribution in [0.2, 0.25) is 10.0 Å². The molecule has 8 heteroatoms. The molecule has 1 heterocycles. The van der Waals surface area contributed by atoms with Crippen LogP contribution < -0.4 is 4.74 Å². The fraction of sp³-hybridized carbons (Fsp3) is 0.448. The second-order valence-electron chi connectivity index (χ2n) is 10.00. The predicted octanol–water partition coefficient (Wildman–Crippen LogP) is 9.27. The molecule has 1 saturated heterocycles. The maximum Gasteiger partial charge on any atom is 0.266 e. The van der Waals surface area contributed by atoms with Gasteiger partial charge in [0, 0.05) is 21.7 Å². The predicted molar refractivity (Wildman–Crippen MR) is 159 cm³/mol. The van der Waals surface area contributed by atoms with Gasteiger partial charge >= 0.3 is 0 Å². The maximum atomic E-state index is 13.6. The molecule has 1 amide bonds. The van der Waals surface area contributed by atoms with Gasteiger partial charge in [-0.2, -0.15) is 0 Å². The van der Waals surface area contributed by atoms with Crippen LogP contribution in [-0.2, 0) is 11.4 Å². The van der Waals surface area contributed by atoms with Gasteiger partial charge in [-0.25, -0.2) is 0 Å². The minimum Gasteiger partial charge on any atom is -0.488 e. The van der Waals surface area contributed by atoms with Crippen molar-refractivity contribution in [2.45, 2.75) is 82.9 Å². The number of ether oxygens (including phenoxy) is 1. The highest BCUT2D eigenvalue weighted by molar-refractivity contribution is 9.10. The number of rotatable bonds is 6. The standard InChI is InChI=1S/C29H31BrCl2N2O2S/c30-24-15-19(11-14-26(24)36-18-20-12-13-21(31)17-25(20)32)16-27-28(35)34(23-9-5-2-6-10-23)29(37-27)33-22-7-3-1-4-8-22/h11-17,22-23H,1-10,18H2. The van der Waals surface area contributed by atoms with Crippen molar-refractivity contribution in [2.75, 3.05) is 0 Å². The van der Waals surface area contributed by atoms with Gasteiger partial charge in [-0.3, -0.25) is 14.7 Å². The molecule has 0 unspecified atom stereocenters. The molecule has 0 spiro atoms. The molecule has 3 fully saturated rings. The van der Waals surface area contributed by atoms with Gasteiger partial charge in [0.2, 0.25) is 0 Å². The number of hydrogen-bond acceptors (Lipinski definition) is 4. The van der Waals surface area contributed by atoms with Crippen LogP contribution in [0.25, 0.3) is 6.08 Å². The van der Waals surface area contributed by atoms with E-state index in [-0.39, 0.29) is 11.9 Å². The molecule has 2 aromatic rings. The lowest BCUT2D eigenvalue weighted by atomic mass is 9.94. The number of nitrogens with zero attached hydrogens (tertiary/aromatic N) is 2. The Morgan fingerprint density at radius 1 is 1.00 bits per heavy atom. The third-order valence-electron chi connectivity index (χ3n) is 7.30. The average molecular weight is 622 g/mol. The molecular formula is C29H31BrCl2N2O2S. The van der Waals surface area contributed by atoms with Crippen molar-refractivity contribution in [2.24, 2.45) is 4.99 Å². The fourth-order valence-corrected chi connectivity index (χ4v) is 7.36. The van der Waals surface area contributed by atoms with Gasteiger partial charge in [-0.1, -0.05) is 73.9 Å². The lowest BCUT2D eigenvalue weighted by Crippen LogP contribution is -2.41. The molecule has 0 atom stereocenters. The number of thioether (sulfide) groups is 1. The van der Waals surface area contributed by atoms with E-state index >= 15 is 0 Å². The summed E-state index contributed by atoms with van der Waals surface area (Å²) in [5.74, 6) is 0.808. The Morgan fingerprint density at radius 2 is 1.73 bits per heavy atom. The van der Waals surface area contributed by atoms with E-state index in [1.807, 2.05) is 35.2 Å². The molecule has 5 rings (SSSR count). The SMILES string of the molecule is O=C1C(=Cc2ccc(OCc3ccc(Cl)cc3Cl)c(Br)c2)SC(=NC2CCCCC2)N1C1CCCCC1. The second-order valence-corrected chi connectivity index (χ2v) is 12.7. The number of carbonyl (C=O) groups is 1. The van der Waals surface area contributed by atoms with Crippen LogP contribution in [0.5, 0.6) is 5.75 Å². The summed E-state index contributed by atoms with van der Waals surface area (Å²) in [4.78, 5) is 21.5. The highest BCUT2D eigenvalue weighted by Crippen LogP contribution is 2.39. The molecule has 37 heavy (non-hydrogen) atoms. The van der Waals surface area contributed by atoms with Crippen LogP contribution in [0.1, 0.15) is 75.3 Å². The number of benzene rings is 2. The smallest absolute Gasteiger partial charge is 0.266 e. The lowest BCUT2D eigenvalue weighted by Gasteiger charge is -2.31. The third-order valence-corrected chi connectivity index (χ3v) is 9.50. The first-order valence-corrected chi connectivity index (χ1v) is 15.5. The summed E-state index contributed by atoms with van der Waals surface area (Å²) >= 11 is 17.5. The highest BCUT2D eigenvalue weighted by atomic mass is 79.9. The molecule has 2 aliphatic carbocycles. The quantitative estimate of drug-likeness (QED) is 0.302. The van der Waals surface area contributed by atoms with Crippen LogP contribution in [-0.4, -0.2) is 28.1 Å². The molecule has 2 saturated carbocycles. The minimum absolute atomic E-state index is 0.0975. The maximum absolute atomic E-state index is 13.6. The molecule has 0 N–H and O–H groups in total. The zero-order chi connectivity index (χ0) is 25.8. The number of hydrogen-bond donors (Lipinski definition) is 0. The summed E-state index contributed by atoms with van der Waals surface area (Å²) < 4.78 is 6.81. The van der Waals surface area contributed by atoms with Gasteiger partial charge < -0.3 is 4.74 Å². The Kier molecular flexibility index (Phi) is 9.22. The van der Waals surface area contributed by atoms with E-state index in [0.717, 1.165) is 51.4 Å². The molecular weight excluding hydrogens is 591 g/mol. The first-order valence-electron chi connectivity index (χ1n) is 13.1. The molecule has 0 radical (unpaired) electrons. The van der Waals surface area contributed by atoms with Crippen molar-refractivity contribution in [1.29, 1.82) is 0 Å². The average Bonchev–Trinajstić information content (AvgIpc) is 3.19. The zero-order valence-electron chi connectivity index (χ0n) is 20.7. The number of amides is 1. The summed E-state index contributed by atoms with van der Waals surface area (Å²) in [6, 6.07) is 11.9. The summed E-state index contributed by atoms with van der Waals surface area (Å²) in [6.45, 7) is 0.334. The molecule has 0 bridgehead atoms. The van der Waals surface area contributed by atoms with E-state index < -0.39 is 0 Å².